The summed E-state index contributed by atoms with van der Waals surface area (Å²) in [6.45, 7) is 0. The molecular weight excluding hydrogens is 218 g/mol. The van der Waals surface area contributed by atoms with Crippen molar-refractivity contribution < 1.29 is 9.59 Å². The number of nitrogens with zero attached hydrogens (tertiary/aromatic N) is 2. The van der Waals surface area contributed by atoms with Crippen molar-refractivity contribution >= 4 is 12.2 Å². The second-order valence-corrected chi connectivity index (χ2v) is 3.43. The number of aldehydes is 1. The van der Waals surface area contributed by atoms with Gasteiger partial charge in [0.15, 0.2) is 5.69 Å². The zero-order valence-corrected chi connectivity index (χ0v) is 9.25. The minimum absolute atomic E-state index is 0.228. The summed E-state index contributed by atoms with van der Waals surface area (Å²) in [6, 6.07) is 8.56. The van der Waals surface area contributed by atoms with Crippen LogP contribution in [-0.2, 0) is 0 Å². The van der Waals surface area contributed by atoms with Crippen molar-refractivity contribution in [3.63, 3.8) is 0 Å². The average Bonchev–Trinajstić information content (AvgIpc) is 2.87. The molecule has 0 atom stereocenters. The van der Waals surface area contributed by atoms with Crippen LogP contribution in [0.5, 0.6) is 0 Å². The highest BCUT2D eigenvalue weighted by atomic mass is 16.1. The van der Waals surface area contributed by atoms with Gasteiger partial charge in [-0.1, -0.05) is 0 Å². The highest BCUT2D eigenvalue weighted by Gasteiger charge is 2.07. The van der Waals surface area contributed by atoms with Gasteiger partial charge < -0.3 is 5.32 Å². The zero-order chi connectivity index (χ0) is 12.3. The largest absolute Gasteiger partial charge is 0.354 e. The van der Waals surface area contributed by atoms with Gasteiger partial charge in [-0.05, 0) is 30.3 Å². The van der Waals surface area contributed by atoms with Gasteiger partial charge in [-0.15, -0.1) is 0 Å². The highest BCUT2D eigenvalue weighted by molar-refractivity contribution is 5.91. The Balaban J connectivity index is 2.30. The number of benzene rings is 1. The van der Waals surface area contributed by atoms with Crippen LogP contribution in [0.1, 0.15) is 20.8 Å². The van der Waals surface area contributed by atoms with Crippen LogP contribution in [0.3, 0.4) is 0 Å². The van der Waals surface area contributed by atoms with E-state index in [0.717, 1.165) is 12.0 Å². The summed E-state index contributed by atoms with van der Waals surface area (Å²) in [6.07, 6.45) is 2.48. The molecule has 86 valence electrons. The predicted molar refractivity (Wildman–Crippen MR) is 62.3 cm³/mol. The minimum atomic E-state index is -0.228. The lowest BCUT2D eigenvalue weighted by atomic mass is 10.2. The molecule has 0 aliphatic carbocycles. The lowest BCUT2D eigenvalue weighted by molar-refractivity contribution is 0.0957. The van der Waals surface area contributed by atoms with Gasteiger partial charge in [-0.2, -0.15) is 5.10 Å². The smallest absolute Gasteiger partial charge is 0.271 e. The molecule has 1 amide bonds. The molecule has 2 aromatic rings. The van der Waals surface area contributed by atoms with Crippen molar-refractivity contribution in [2.45, 2.75) is 0 Å². The molecule has 5 nitrogen and oxygen atoms in total. The summed E-state index contributed by atoms with van der Waals surface area (Å²) in [7, 11) is 1.56. The standard InChI is InChI=1S/C12H11N3O2/c1-13-12(17)11-6-7-15(14-11)10-4-2-9(8-16)3-5-10/h2-8H,1H3,(H,13,17). The summed E-state index contributed by atoms with van der Waals surface area (Å²) >= 11 is 0. The quantitative estimate of drug-likeness (QED) is 0.800. The van der Waals surface area contributed by atoms with Crippen LogP contribution in [0.15, 0.2) is 36.5 Å². The van der Waals surface area contributed by atoms with E-state index >= 15 is 0 Å². The van der Waals surface area contributed by atoms with E-state index in [1.807, 2.05) is 0 Å². The third-order valence-corrected chi connectivity index (χ3v) is 2.34. The Labute approximate surface area is 98.1 Å². The summed E-state index contributed by atoms with van der Waals surface area (Å²) in [5, 5.41) is 6.63. The monoisotopic (exact) mass is 229 g/mol. The SMILES string of the molecule is CNC(=O)c1ccn(-c2ccc(C=O)cc2)n1. The van der Waals surface area contributed by atoms with Crippen molar-refractivity contribution in [1.82, 2.24) is 15.1 Å². The molecule has 0 fully saturated rings. The molecule has 1 heterocycles. The van der Waals surface area contributed by atoms with E-state index in [1.165, 1.54) is 0 Å². The predicted octanol–water partition coefficient (Wildman–Crippen LogP) is 1.04. The summed E-state index contributed by atoms with van der Waals surface area (Å²) < 4.78 is 1.58. The molecule has 0 aliphatic rings. The maximum absolute atomic E-state index is 11.3. The van der Waals surface area contributed by atoms with E-state index < -0.39 is 0 Å². The fraction of sp³-hybridized carbons (Fsp3) is 0.0833. The van der Waals surface area contributed by atoms with Crippen LogP contribution in [0, 0.1) is 0 Å². The fourth-order valence-corrected chi connectivity index (χ4v) is 1.42. The molecule has 1 N–H and O–H groups in total. The molecule has 17 heavy (non-hydrogen) atoms. The Morgan fingerprint density at radius 2 is 2.00 bits per heavy atom. The van der Waals surface area contributed by atoms with Crippen LogP contribution in [0.25, 0.3) is 5.69 Å². The third-order valence-electron chi connectivity index (χ3n) is 2.34. The second-order valence-electron chi connectivity index (χ2n) is 3.43. The van der Waals surface area contributed by atoms with Crippen LogP contribution >= 0.6 is 0 Å². The van der Waals surface area contributed by atoms with Crippen molar-refractivity contribution in [3.05, 3.63) is 47.8 Å². The lowest BCUT2D eigenvalue weighted by Gasteiger charge is -2.00. The maximum Gasteiger partial charge on any atom is 0.271 e. The van der Waals surface area contributed by atoms with Gasteiger partial charge in [-0.25, -0.2) is 4.68 Å². The first kappa shape index (κ1) is 11.1. The number of aromatic nitrogens is 2. The Bertz CT molecular complexity index is 543. The van der Waals surface area contributed by atoms with Gasteiger partial charge in [0.1, 0.15) is 6.29 Å². The molecule has 0 aliphatic heterocycles. The van der Waals surface area contributed by atoms with Crippen molar-refractivity contribution in [2.24, 2.45) is 0 Å². The molecule has 0 spiro atoms. The van der Waals surface area contributed by atoms with Gasteiger partial charge in [0.05, 0.1) is 5.69 Å². The van der Waals surface area contributed by atoms with Crippen LogP contribution < -0.4 is 5.32 Å². The Kier molecular flexibility index (Phi) is 3.00. The highest BCUT2D eigenvalue weighted by Crippen LogP contribution is 2.08. The Hall–Kier alpha value is -2.43. The summed E-state index contributed by atoms with van der Waals surface area (Å²) in [5.74, 6) is -0.228. The number of hydrogen-bond acceptors (Lipinski definition) is 3. The van der Waals surface area contributed by atoms with Gasteiger partial charge >= 0.3 is 0 Å². The van der Waals surface area contributed by atoms with E-state index in [4.69, 9.17) is 0 Å². The average molecular weight is 229 g/mol. The van der Waals surface area contributed by atoms with Crippen LogP contribution in [-0.4, -0.2) is 29.0 Å². The van der Waals surface area contributed by atoms with E-state index in [-0.39, 0.29) is 5.91 Å². The number of rotatable bonds is 3. The van der Waals surface area contributed by atoms with Gasteiger partial charge in [0.25, 0.3) is 5.91 Å². The van der Waals surface area contributed by atoms with Crippen molar-refractivity contribution in [2.75, 3.05) is 7.05 Å². The summed E-state index contributed by atoms with van der Waals surface area (Å²) in [4.78, 5) is 21.8. The number of carbonyl (C=O) groups is 2. The topological polar surface area (TPSA) is 64.0 Å². The van der Waals surface area contributed by atoms with Crippen molar-refractivity contribution in [3.8, 4) is 5.69 Å². The van der Waals surface area contributed by atoms with Crippen molar-refractivity contribution in [1.29, 1.82) is 0 Å². The number of hydrogen-bond donors (Lipinski definition) is 1. The lowest BCUT2D eigenvalue weighted by Crippen LogP contribution is -2.18. The van der Waals surface area contributed by atoms with Crippen LogP contribution in [0.2, 0.25) is 0 Å². The number of carbonyl (C=O) groups excluding carboxylic acids is 2. The van der Waals surface area contributed by atoms with E-state index in [0.29, 0.717) is 11.3 Å². The van der Waals surface area contributed by atoms with E-state index in [9.17, 15) is 9.59 Å². The molecule has 0 saturated carbocycles. The Morgan fingerprint density at radius 1 is 1.29 bits per heavy atom. The van der Waals surface area contributed by atoms with Gasteiger partial charge in [0, 0.05) is 18.8 Å². The van der Waals surface area contributed by atoms with Gasteiger partial charge in [0.2, 0.25) is 0 Å². The molecule has 0 bridgehead atoms. The molecule has 5 heteroatoms. The summed E-state index contributed by atoms with van der Waals surface area (Å²) in [5.41, 5.74) is 1.75. The number of amides is 1. The van der Waals surface area contributed by atoms with Gasteiger partial charge in [-0.3, -0.25) is 9.59 Å². The molecule has 2 rings (SSSR count). The second kappa shape index (κ2) is 4.61. The molecule has 1 aromatic heterocycles. The van der Waals surface area contributed by atoms with E-state index in [1.54, 1.807) is 48.3 Å². The Morgan fingerprint density at radius 3 is 2.59 bits per heavy atom. The van der Waals surface area contributed by atoms with E-state index in [2.05, 4.69) is 10.4 Å². The molecule has 1 aromatic carbocycles. The molecule has 0 unspecified atom stereocenters. The first-order chi connectivity index (χ1) is 8.24. The zero-order valence-electron chi connectivity index (χ0n) is 9.25. The minimum Gasteiger partial charge on any atom is -0.354 e. The maximum atomic E-state index is 11.3. The number of nitrogens with one attached hydrogen (secondary N) is 1. The molecule has 0 radical (unpaired) electrons. The molecular formula is C12H11N3O2. The van der Waals surface area contributed by atoms with Crippen LogP contribution in [0.4, 0.5) is 0 Å². The molecule has 0 saturated heterocycles. The first-order valence-electron chi connectivity index (χ1n) is 5.08. The normalized spacial score (nSPS) is 9.94. The third kappa shape index (κ3) is 2.23. The fourth-order valence-electron chi connectivity index (χ4n) is 1.42. The first-order valence-corrected chi connectivity index (χ1v) is 5.08.